The molecule has 1 heterocycles. The average molecular weight is 279 g/mol. The molecule has 5 nitrogen and oxygen atoms in total. The highest BCUT2D eigenvalue weighted by Crippen LogP contribution is 2.24. The number of aromatic nitrogens is 2. The number of anilines is 2. The van der Waals surface area contributed by atoms with E-state index in [0.717, 1.165) is 11.3 Å². The molecule has 0 aliphatic rings. The number of hydrogen-bond donors (Lipinski definition) is 1. The van der Waals surface area contributed by atoms with Crippen LogP contribution >= 0.6 is 11.6 Å². The van der Waals surface area contributed by atoms with Gasteiger partial charge >= 0.3 is 0 Å². The van der Waals surface area contributed by atoms with E-state index in [2.05, 4.69) is 9.97 Å². The van der Waals surface area contributed by atoms with Crippen molar-refractivity contribution in [1.82, 2.24) is 9.97 Å². The molecule has 0 spiro atoms. The minimum atomic E-state index is 0.177. The molecule has 0 radical (unpaired) electrons. The fourth-order valence-electron chi connectivity index (χ4n) is 1.83. The van der Waals surface area contributed by atoms with Gasteiger partial charge in [-0.1, -0.05) is 18.2 Å². The summed E-state index contributed by atoms with van der Waals surface area (Å²) in [5.41, 5.74) is 7.39. The third kappa shape index (κ3) is 3.06. The Morgan fingerprint density at radius 1 is 1.37 bits per heavy atom. The second-order valence-corrected chi connectivity index (χ2v) is 4.42. The van der Waals surface area contributed by atoms with E-state index in [1.807, 2.05) is 36.2 Å². The molecule has 2 N–H and O–H groups in total. The number of nitrogen functional groups attached to an aromatic ring is 1. The molecule has 1 aromatic heterocycles. The van der Waals surface area contributed by atoms with E-state index in [1.165, 1.54) is 6.20 Å². The van der Waals surface area contributed by atoms with Crippen LogP contribution in [0, 0.1) is 0 Å². The molecule has 0 bridgehead atoms. The predicted molar refractivity (Wildman–Crippen MR) is 76.6 cm³/mol. The second-order valence-electron chi connectivity index (χ2n) is 4.09. The van der Waals surface area contributed by atoms with Crippen molar-refractivity contribution in [3.8, 4) is 5.75 Å². The van der Waals surface area contributed by atoms with Gasteiger partial charge in [0, 0.05) is 19.2 Å². The van der Waals surface area contributed by atoms with Gasteiger partial charge in [0.1, 0.15) is 5.75 Å². The van der Waals surface area contributed by atoms with Gasteiger partial charge in [0.25, 0.3) is 0 Å². The maximum atomic E-state index is 5.86. The van der Waals surface area contributed by atoms with Crippen LogP contribution < -0.4 is 15.4 Å². The minimum absolute atomic E-state index is 0.177. The Kier molecular flexibility index (Phi) is 4.06. The first-order valence-corrected chi connectivity index (χ1v) is 6.10. The standard InChI is InChI=1S/C13H15ClN4O/c1-18(12-10(15)7-16-13(14)17-12)8-9-5-3-4-6-11(9)19-2/h3-7H,8,15H2,1-2H3. The van der Waals surface area contributed by atoms with Crippen molar-refractivity contribution < 1.29 is 4.74 Å². The van der Waals surface area contributed by atoms with Gasteiger partial charge in [-0.2, -0.15) is 4.98 Å². The number of nitrogens with zero attached hydrogens (tertiary/aromatic N) is 3. The average Bonchev–Trinajstić information content (AvgIpc) is 2.42. The molecule has 0 aliphatic heterocycles. The Bertz CT molecular complexity index is 576. The summed E-state index contributed by atoms with van der Waals surface area (Å²) < 4.78 is 5.32. The van der Waals surface area contributed by atoms with Crippen LogP contribution in [-0.4, -0.2) is 24.1 Å². The number of benzene rings is 1. The smallest absolute Gasteiger partial charge is 0.224 e. The van der Waals surface area contributed by atoms with Crippen molar-refractivity contribution in [3.05, 3.63) is 41.3 Å². The zero-order chi connectivity index (χ0) is 13.8. The summed E-state index contributed by atoms with van der Waals surface area (Å²) in [5.74, 6) is 1.43. The van der Waals surface area contributed by atoms with Crippen LogP contribution in [0.15, 0.2) is 30.5 Å². The Morgan fingerprint density at radius 3 is 2.84 bits per heavy atom. The van der Waals surface area contributed by atoms with Crippen LogP contribution in [0.2, 0.25) is 5.28 Å². The highest BCUT2D eigenvalue weighted by Gasteiger charge is 2.11. The largest absolute Gasteiger partial charge is 0.496 e. The lowest BCUT2D eigenvalue weighted by Crippen LogP contribution is -2.20. The third-order valence-corrected chi connectivity index (χ3v) is 2.91. The van der Waals surface area contributed by atoms with Crippen molar-refractivity contribution in [2.75, 3.05) is 24.8 Å². The number of rotatable bonds is 4. The van der Waals surface area contributed by atoms with Crippen LogP contribution in [0.1, 0.15) is 5.56 Å². The zero-order valence-electron chi connectivity index (χ0n) is 10.8. The van der Waals surface area contributed by atoms with Gasteiger partial charge in [-0.25, -0.2) is 4.98 Å². The molecule has 6 heteroatoms. The van der Waals surface area contributed by atoms with Crippen molar-refractivity contribution >= 4 is 23.1 Å². The fourth-order valence-corrected chi connectivity index (χ4v) is 1.96. The first kappa shape index (κ1) is 13.4. The van der Waals surface area contributed by atoms with E-state index in [1.54, 1.807) is 7.11 Å². The summed E-state index contributed by atoms with van der Waals surface area (Å²) >= 11 is 5.79. The Labute approximate surface area is 117 Å². The molecule has 0 amide bonds. The highest BCUT2D eigenvalue weighted by molar-refractivity contribution is 6.28. The van der Waals surface area contributed by atoms with E-state index in [-0.39, 0.29) is 5.28 Å². The van der Waals surface area contributed by atoms with Gasteiger partial charge in [0.05, 0.1) is 19.0 Å². The van der Waals surface area contributed by atoms with Crippen molar-refractivity contribution in [2.24, 2.45) is 0 Å². The maximum absolute atomic E-state index is 5.86. The van der Waals surface area contributed by atoms with Gasteiger partial charge in [-0.3, -0.25) is 0 Å². The van der Waals surface area contributed by atoms with Gasteiger partial charge in [-0.15, -0.1) is 0 Å². The van der Waals surface area contributed by atoms with E-state index in [4.69, 9.17) is 22.1 Å². The third-order valence-electron chi connectivity index (χ3n) is 2.73. The summed E-state index contributed by atoms with van der Waals surface area (Å²) in [5, 5.41) is 0.177. The topological polar surface area (TPSA) is 64.3 Å². The maximum Gasteiger partial charge on any atom is 0.224 e. The monoisotopic (exact) mass is 278 g/mol. The SMILES string of the molecule is COc1ccccc1CN(C)c1nc(Cl)ncc1N. The summed E-state index contributed by atoms with van der Waals surface area (Å²) in [6, 6.07) is 7.80. The molecule has 0 atom stereocenters. The summed E-state index contributed by atoms with van der Waals surface area (Å²) in [7, 11) is 3.54. The Hall–Kier alpha value is -2.01. The van der Waals surface area contributed by atoms with E-state index >= 15 is 0 Å². The molecule has 0 saturated heterocycles. The van der Waals surface area contributed by atoms with Gasteiger partial charge in [-0.05, 0) is 17.7 Å². The van der Waals surface area contributed by atoms with Crippen LogP contribution in [-0.2, 0) is 6.54 Å². The molecule has 100 valence electrons. The normalized spacial score (nSPS) is 10.3. The summed E-state index contributed by atoms with van der Waals surface area (Å²) in [6.07, 6.45) is 1.50. The Balaban J connectivity index is 2.25. The fraction of sp³-hybridized carbons (Fsp3) is 0.231. The molecule has 2 rings (SSSR count). The van der Waals surface area contributed by atoms with E-state index < -0.39 is 0 Å². The van der Waals surface area contributed by atoms with Gasteiger partial charge in [0.15, 0.2) is 5.82 Å². The molecule has 0 aliphatic carbocycles. The minimum Gasteiger partial charge on any atom is -0.496 e. The summed E-state index contributed by atoms with van der Waals surface area (Å²) in [6.45, 7) is 0.613. The molecule has 0 fully saturated rings. The molecule has 0 saturated carbocycles. The lowest BCUT2D eigenvalue weighted by Gasteiger charge is -2.20. The molecule has 1 aromatic carbocycles. The zero-order valence-corrected chi connectivity index (χ0v) is 11.6. The van der Waals surface area contributed by atoms with E-state index in [0.29, 0.717) is 18.1 Å². The van der Waals surface area contributed by atoms with Gasteiger partial charge < -0.3 is 15.4 Å². The van der Waals surface area contributed by atoms with Crippen LogP contribution in [0.25, 0.3) is 0 Å². The number of ether oxygens (including phenoxy) is 1. The first-order chi connectivity index (χ1) is 9.11. The molecular weight excluding hydrogens is 264 g/mol. The lowest BCUT2D eigenvalue weighted by atomic mass is 10.2. The lowest BCUT2D eigenvalue weighted by molar-refractivity contribution is 0.409. The molecular formula is C13H15ClN4O. The number of para-hydroxylation sites is 1. The quantitative estimate of drug-likeness (QED) is 0.870. The number of methoxy groups -OCH3 is 1. The van der Waals surface area contributed by atoms with E-state index in [9.17, 15) is 0 Å². The molecule has 2 aromatic rings. The van der Waals surface area contributed by atoms with Crippen LogP contribution in [0.3, 0.4) is 0 Å². The Morgan fingerprint density at radius 2 is 2.11 bits per heavy atom. The number of nitrogens with two attached hydrogens (primary N) is 1. The number of hydrogen-bond acceptors (Lipinski definition) is 5. The van der Waals surface area contributed by atoms with Gasteiger partial charge in [0.2, 0.25) is 5.28 Å². The summed E-state index contributed by atoms with van der Waals surface area (Å²) in [4.78, 5) is 9.88. The molecule has 0 unspecified atom stereocenters. The first-order valence-electron chi connectivity index (χ1n) is 5.73. The van der Waals surface area contributed by atoms with Crippen molar-refractivity contribution in [1.29, 1.82) is 0 Å². The molecule has 19 heavy (non-hydrogen) atoms. The second kappa shape index (κ2) is 5.75. The van der Waals surface area contributed by atoms with Crippen molar-refractivity contribution in [3.63, 3.8) is 0 Å². The highest BCUT2D eigenvalue weighted by atomic mass is 35.5. The van der Waals surface area contributed by atoms with Crippen LogP contribution in [0.4, 0.5) is 11.5 Å². The predicted octanol–water partition coefficient (Wildman–Crippen LogP) is 2.36. The van der Waals surface area contributed by atoms with Crippen LogP contribution in [0.5, 0.6) is 5.75 Å². The van der Waals surface area contributed by atoms with Crippen molar-refractivity contribution in [2.45, 2.75) is 6.54 Å². The number of halogens is 1.